The molecule has 5 atom stereocenters. The van der Waals surface area contributed by atoms with Crippen molar-refractivity contribution in [3.8, 4) is 0 Å². The molecule has 86 valence electrons. The largest absolute Gasteiger partial charge is 0.305 e. The molecule has 0 aliphatic heterocycles. The van der Waals surface area contributed by atoms with Crippen LogP contribution in [-0.2, 0) is 0 Å². The predicted octanol–water partition coefficient (Wildman–Crippen LogP) is 2.10. The van der Waals surface area contributed by atoms with Gasteiger partial charge in [-0.15, -0.1) is 0 Å². The number of hydrogen-bond donors (Lipinski definition) is 2. The van der Waals surface area contributed by atoms with E-state index in [-0.39, 0.29) is 0 Å². The number of nitrogens with one attached hydrogen (secondary N) is 2. The van der Waals surface area contributed by atoms with Gasteiger partial charge in [-0.25, -0.2) is 0 Å². The van der Waals surface area contributed by atoms with Gasteiger partial charge in [0, 0.05) is 18.3 Å². The van der Waals surface area contributed by atoms with Crippen molar-refractivity contribution < 1.29 is 0 Å². The van der Waals surface area contributed by atoms with Gasteiger partial charge in [0.1, 0.15) is 0 Å². The third-order valence-corrected chi connectivity index (χ3v) is 5.17. The Kier molecular flexibility index (Phi) is 1.79. The highest BCUT2D eigenvalue weighted by Gasteiger charge is 2.64. The minimum atomic E-state index is 0.428. The molecule has 3 aliphatic carbocycles. The molecule has 1 aromatic heterocycles. The molecule has 2 bridgehead atoms. The van der Waals surface area contributed by atoms with Crippen molar-refractivity contribution in [1.82, 2.24) is 15.5 Å². The maximum Gasteiger partial charge on any atom is 0.0518 e. The van der Waals surface area contributed by atoms with E-state index in [1.807, 2.05) is 6.20 Å². The third kappa shape index (κ3) is 1.15. The van der Waals surface area contributed by atoms with Crippen molar-refractivity contribution in [2.75, 3.05) is 0 Å². The molecule has 0 spiro atoms. The first kappa shape index (κ1) is 9.23. The van der Waals surface area contributed by atoms with Crippen molar-refractivity contribution in [3.63, 3.8) is 0 Å². The second-order valence-corrected chi connectivity index (χ2v) is 5.91. The molecule has 0 radical (unpaired) electrons. The van der Waals surface area contributed by atoms with Crippen LogP contribution in [0.2, 0.25) is 0 Å². The SMILES string of the molecule is CC(NC1C2C3CCC(C3)C12)c1ccn[nH]1. The van der Waals surface area contributed by atoms with Crippen LogP contribution >= 0.6 is 0 Å². The molecule has 0 amide bonds. The van der Waals surface area contributed by atoms with Crippen LogP contribution in [0.4, 0.5) is 0 Å². The van der Waals surface area contributed by atoms with Crippen molar-refractivity contribution in [3.05, 3.63) is 18.0 Å². The maximum atomic E-state index is 4.02. The summed E-state index contributed by atoms with van der Waals surface area (Å²) in [5.41, 5.74) is 1.22. The lowest BCUT2D eigenvalue weighted by molar-refractivity contribution is 0.429. The summed E-state index contributed by atoms with van der Waals surface area (Å²) in [6.45, 7) is 2.24. The molecule has 16 heavy (non-hydrogen) atoms. The van der Waals surface area contributed by atoms with Gasteiger partial charge in [0.05, 0.1) is 5.69 Å². The normalized spacial score (nSPS) is 45.7. The van der Waals surface area contributed by atoms with Crippen LogP contribution in [-0.4, -0.2) is 16.2 Å². The van der Waals surface area contributed by atoms with Crippen molar-refractivity contribution >= 4 is 0 Å². The summed E-state index contributed by atoms with van der Waals surface area (Å²) in [5.74, 6) is 4.15. The maximum absolute atomic E-state index is 4.02. The molecular weight excluding hydrogens is 198 g/mol. The van der Waals surface area contributed by atoms with Crippen LogP contribution in [0.1, 0.15) is 37.9 Å². The zero-order valence-electron chi connectivity index (χ0n) is 9.69. The van der Waals surface area contributed by atoms with Crippen LogP contribution in [0, 0.1) is 23.7 Å². The highest BCUT2D eigenvalue weighted by Crippen LogP contribution is 2.65. The average molecular weight is 217 g/mol. The molecule has 1 heterocycles. The Balaban J connectivity index is 1.44. The molecule has 3 nitrogen and oxygen atoms in total. The molecule has 4 rings (SSSR count). The molecule has 0 saturated heterocycles. The van der Waals surface area contributed by atoms with Gasteiger partial charge >= 0.3 is 0 Å². The molecule has 0 aromatic carbocycles. The molecule has 2 N–H and O–H groups in total. The highest BCUT2D eigenvalue weighted by molar-refractivity contribution is 5.18. The number of hydrogen-bond acceptors (Lipinski definition) is 2. The number of aromatic amines is 1. The van der Waals surface area contributed by atoms with Gasteiger partial charge in [0.2, 0.25) is 0 Å². The number of nitrogens with zero attached hydrogens (tertiary/aromatic N) is 1. The van der Waals surface area contributed by atoms with Gasteiger partial charge in [-0.3, -0.25) is 5.10 Å². The predicted molar refractivity (Wildman–Crippen MR) is 61.7 cm³/mol. The zero-order chi connectivity index (χ0) is 10.7. The van der Waals surface area contributed by atoms with Gasteiger partial charge < -0.3 is 5.32 Å². The lowest BCUT2D eigenvalue weighted by Crippen LogP contribution is -2.26. The van der Waals surface area contributed by atoms with E-state index >= 15 is 0 Å². The number of rotatable bonds is 3. The van der Waals surface area contributed by atoms with E-state index in [0.29, 0.717) is 6.04 Å². The number of aromatic nitrogens is 2. The van der Waals surface area contributed by atoms with Crippen molar-refractivity contribution in [1.29, 1.82) is 0 Å². The van der Waals surface area contributed by atoms with Gasteiger partial charge in [0.15, 0.2) is 0 Å². The minimum absolute atomic E-state index is 0.428. The van der Waals surface area contributed by atoms with Crippen molar-refractivity contribution in [2.24, 2.45) is 23.7 Å². The topological polar surface area (TPSA) is 40.7 Å². The average Bonchev–Trinajstić information content (AvgIpc) is 2.81. The number of H-pyrrole nitrogens is 1. The molecule has 1 aromatic rings. The van der Waals surface area contributed by atoms with Crippen LogP contribution in [0.15, 0.2) is 12.3 Å². The fourth-order valence-electron chi connectivity index (χ4n) is 4.43. The molecule has 3 fully saturated rings. The molecule has 3 aliphatic rings. The van der Waals surface area contributed by atoms with E-state index in [0.717, 1.165) is 29.7 Å². The first-order valence-electron chi connectivity index (χ1n) is 6.60. The van der Waals surface area contributed by atoms with Crippen molar-refractivity contribution in [2.45, 2.75) is 38.3 Å². The summed E-state index contributed by atoms with van der Waals surface area (Å²) < 4.78 is 0. The first-order valence-corrected chi connectivity index (χ1v) is 6.60. The lowest BCUT2D eigenvalue weighted by atomic mass is 10.0. The van der Waals surface area contributed by atoms with Gasteiger partial charge in [-0.1, -0.05) is 0 Å². The smallest absolute Gasteiger partial charge is 0.0518 e. The Bertz CT molecular complexity index is 370. The van der Waals surface area contributed by atoms with Crippen LogP contribution in [0.5, 0.6) is 0 Å². The second-order valence-electron chi connectivity index (χ2n) is 5.91. The summed E-state index contributed by atoms with van der Waals surface area (Å²) in [6.07, 6.45) is 6.38. The van der Waals surface area contributed by atoms with E-state index in [9.17, 15) is 0 Å². The quantitative estimate of drug-likeness (QED) is 0.814. The van der Waals surface area contributed by atoms with Gasteiger partial charge in [-0.05, 0) is 55.9 Å². The fourth-order valence-corrected chi connectivity index (χ4v) is 4.43. The Morgan fingerprint density at radius 2 is 2.12 bits per heavy atom. The van der Waals surface area contributed by atoms with E-state index < -0.39 is 0 Å². The summed E-state index contributed by atoms with van der Waals surface area (Å²) in [5, 5.41) is 10.9. The van der Waals surface area contributed by atoms with E-state index in [1.165, 1.54) is 25.0 Å². The van der Waals surface area contributed by atoms with E-state index in [1.54, 1.807) is 0 Å². The highest BCUT2D eigenvalue weighted by atomic mass is 15.1. The molecule has 5 unspecified atom stereocenters. The Morgan fingerprint density at radius 1 is 1.38 bits per heavy atom. The Morgan fingerprint density at radius 3 is 2.75 bits per heavy atom. The second kappa shape index (κ2) is 3.10. The molecule has 3 saturated carbocycles. The first-order chi connectivity index (χ1) is 7.84. The lowest BCUT2D eigenvalue weighted by Gasteiger charge is -2.15. The standard InChI is InChI=1S/C13H19N3/c1-7(10-4-5-14-16-10)15-13-11-8-2-3-9(6-8)12(11)13/h4-5,7-9,11-13,15H,2-3,6H2,1H3,(H,14,16). The summed E-state index contributed by atoms with van der Waals surface area (Å²) in [7, 11) is 0. The summed E-state index contributed by atoms with van der Waals surface area (Å²) >= 11 is 0. The van der Waals surface area contributed by atoms with E-state index in [4.69, 9.17) is 0 Å². The minimum Gasteiger partial charge on any atom is -0.305 e. The fraction of sp³-hybridized carbons (Fsp3) is 0.769. The molecular formula is C13H19N3. The zero-order valence-corrected chi connectivity index (χ0v) is 9.69. The monoisotopic (exact) mass is 217 g/mol. The summed E-state index contributed by atoms with van der Waals surface area (Å²) in [6, 6.07) is 3.31. The number of fused-ring (bicyclic) bond motifs is 5. The van der Waals surface area contributed by atoms with E-state index in [2.05, 4.69) is 28.5 Å². The van der Waals surface area contributed by atoms with Crippen LogP contribution < -0.4 is 5.32 Å². The van der Waals surface area contributed by atoms with Crippen LogP contribution in [0.3, 0.4) is 0 Å². The molecule has 3 heteroatoms. The van der Waals surface area contributed by atoms with Gasteiger partial charge in [0.25, 0.3) is 0 Å². The third-order valence-electron chi connectivity index (χ3n) is 5.17. The Hall–Kier alpha value is -0.830. The van der Waals surface area contributed by atoms with Gasteiger partial charge in [-0.2, -0.15) is 5.10 Å². The van der Waals surface area contributed by atoms with Crippen LogP contribution in [0.25, 0.3) is 0 Å². The Labute approximate surface area is 96.0 Å². The summed E-state index contributed by atoms with van der Waals surface area (Å²) in [4.78, 5) is 0.